The summed E-state index contributed by atoms with van der Waals surface area (Å²) in [7, 11) is 1.65. The number of para-hydroxylation sites is 1. The molecule has 7 amide bonds. The summed E-state index contributed by atoms with van der Waals surface area (Å²) in [4.78, 5) is 77.6. The number of rotatable bonds is 6. The Balaban J connectivity index is -0.000000385. The molecule has 14 heteroatoms. The molecule has 0 saturated heterocycles. The second kappa shape index (κ2) is 34.3. The highest BCUT2D eigenvalue weighted by Gasteiger charge is 2.26. The van der Waals surface area contributed by atoms with E-state index in [9.17, 15) is 33.6 Å². The molecule has 0 aromatic heterocycles. The molecule has 14 nitrogen and oxygen atoms in total. The van der Waals surface area contributed by atoms with Gasteiger partial charge in [0, 0.05) is 75.8 Å². The third kappa shape index (κ3) is 41.9. The molecule has 2 aromatic rings. The number of hydrogen-bond donors (Lipinski definition) is 7. The summed E-state index contributed by atoms with van der Waals surface area (Å²) in [5.41, 5.74) is 4.93. The van der Waals surface area contributed by atoms with E-state index in [0.717, 1.165) is 17.8 Å². The summed E-state index contributed by atoms with van der Waals surface area (Å²) < 4.78 is 0. The lowest BCUT2D eigenvalue weighted by Gasteiger charge is -2.21. The van der Waals surface area contributed by atoms with Crippen LogP contribution in [0.25, 0.3) is 0 Å². The Morgan fingerprint density at radius 1 is 0.493 bits per heavy atom. The standard InChI is InChI=1S/C12H17NO.C11H15NO.C10H19NO.C8H17NO.C7H15NO.C6H13NO.C5H11NO/c1-12(2,3)11(14)13-9-10-7-5-4-6-8-10;1-11(2,3)10(13)12-9-7-5-4-6-8-9;1-10(2,3)9(12)11-8-6-4-5-7-8;1-6(2)9-7(10)8(3,4)5;1-5-8-6(9)7(2,3)4;1-6(2,3)5(8)7-4;1-5(2,3)4(6)7/h4-8H,9H2,1-3H3,(H,13,14);4-8H,1-3H3,(H,12,13);8H,4-7H2,1-3H3,(H,11,12);6H,1-5H3,(H,9,10);5H2,1-4H3,(H,8,9);1-4H3,(H,7,8);1-3H3,(H2,6,7). The zero-order valence-corrected chi connectivity index (χ0v) is 50.6. The molecule has 2 aromatic carbocycles. The molecule has 8 N–H and O–H groups in total. The van der Waals surface area contributed by atoms with Crippen LogP contribution < -0.4 is 37.6 Å². The fourth-order valence-electron chi connectivity index (χ4n) is 4.63. The number of anilines is 1. The molecular weight excluding hydrogens is 919 g/mol. The van der Waals surface area contributed by atoms with Gasteiger partial charge in [0.15, 0.2) is 0 Å². The lowest BCUT2D eigenvalue weighted by molar-refractivity contribution is -0.129. The number of hydrogen-bond acceptors (Lipinski definition) is 7. The van der Waals surface area contributed by atoms with Crippen molar-refractivity contribution >= 4 is 47.0 Å². The Labute approximate surface area is 444 Å². The zero-order chi connectivity index (χ0) is 58.4. The summed E-state index contributed by atoms with van der Waals surface area (Å²) in [6, 6.07) is 20.1. The molecule has 1 saturated carbocycles. The molecule has 1 fully saturated rings. The van der Waals surface area contributed by atoms with Gasteiger partial charge in [-0.25, -0.2) is 0 Å². The molecule has 0 unspecified atom stereocenters. The highest BCUT2D eigenvalue weighted by molar-refractivity contribution is 5.94. The molecule has 1 aliphatic rings. The first-order valence-electron chi connectivity index (χ1n) is 25.9. The van der Waals surface area contributed by atoms with Gasteiger partial charge in [0.25, 0.3) is 0 Å². The molecule has 0 atom stereocenters. The molecule has 0 aliphatic heterocycles. The second-order valence-electron chi connectivity index (χ2n) is 25.6. The molecule has 0 heterocycles. The van der Waals surface area contributed by atoms with E-state index in [2.05, 4.69) is 31.9 Å². The van der Waals surface area contributed by atoms with Gasteiger partial charge >= 0.3 is 0 Å². The van der Waals surface area contributed by atoms with Gasteiger partial charge in [-0.2, -0.15) is 0 Å². The first-order chi connectivity index (χ1) is 32.7. The summed E-state index contributed by atoms with van der Waals surface area (Å²) >= 11 is 0. The smallest absolute Gasteiger partial charge is 0.229 e. The maximum atomic E-state index is 11.5. The maximum absolute atomic E-state index is 11.5. The summed E-state index contributed by atoms with van der Waals surface area (Å²) in [6.45, 7) is 46.9. The molecule has 0 bridgehead atoms. The van der Waals surface area contributed by atoms with Gasteiger partial charge in [0.05, 0.1) is 0 Å². The summed E-state index contributed by atoms with van der Waals surface area (Å²) in [5, 5.41) is 17.0. The highest BCUT2D eigenvalue weighted by atomic mass is 16.2. The van der Waals surface area contributed by atoms with E-state index in [4.69, 9.17) is 5.73 Å². The Morgan fingerprint density at radius 2 is 0.836 bits per heavy atom. The Bertz CT molecular complexity index is 1890. The van der Waals surface area contributed by atoms with Gasteiger partial charge in [-0.05, 0) is 51.3 Å². The minimum atomic E-state index is -0.361. The van der Waals surface area contributed by atoms with Crippen LogP contribution in [-0.4, -0.2) is 67.0 Å². The van der Waals surface area contributed by atoms with Gasteiger partial charge in [0.1, 0.15) is 0 Å². The maximum Gasteiger partial charge on any atom is 0.229 e. The third-order valence-corrected chi connectivity index (χ3v) is 9.83. The lowest BCUT2D eigenvalue weighted by Crippen LogP contribution is -2.40. The Kier molecular flexibility index (Phi) is 34.9. The quantitative estimate of drug-likeness (QED) is 0.148. The second-order valence-corrected chi connectivity index (χ2v) is 25.6. The van der Waals surface area contributed by atoms with Crippen molar-refractivity contribution in [2.75, 3.05) is 18.9 Å². The SMILES string of the molecule is CC(C)(C)C(=O)NC1CCCC1.CC(C)(C)C(=O)NCc1ccccc1.CC(C)(C)C(=O)Nc1ccccc1.CC(C)(C)C(N)=O.CC(C)NC(=O)C(C)(C)C.CCNC(=O)C(C)(C)C.CNC(=O)C(C)(C)C. The first kappa shape index (κ1) is 74.3. The predicted octanol–water partition coefficient (Wildman–Crippen LogP) is 11.1. The van der Waals surface area contributed by atoms with Gasteiger partial charge in [-0.3, -0.25) is 33.6 Å². The van der Waals surface area contributed by atoms with E-state index in [1.165, 1.54) is 25.7 Å². The molecule has 3 rings (SSSR count). The van der Waals surface area contributed by atoms with E-state index in [-0.39, 0.29) is 85.3 Å². The normalized spacial score (nSPS) is 12.6. The third-order valence-electron chi connectivity index (χ3n) is 9.83. The number of carbonyl (C=O) groups excluding carboxylic acids is 7. The number of amides is 7. The van der Waals surface area contributed by atoms with Crippen molar-refractivity contribution in [3.63, 3.8) is 0 Å². The minimum Gasteiger partial charge on any atom is -0.369 e. The lowest BCUT2D eigenvalue weighted by atomic mass is 9.95. The van der Waals surface area contributed by atoms with Crippen LogP contribution in [0.1, 0.15) is 197 Å². The minimum absolute atomic E-state index is 0.0405. The number of nitrogens with one attached hydrogen (secondary N) is 6. The largest absolute Gasteiger partial charge is 0.369 e. The highest BCUT2D eigenvalue weighted by Crippen LogP contribution is 2.21. The average molecular weight is 1030 g/mol. The van der Waals surface area contributed by atoms with Gasteiger partial charge < -0.3 is 37.6 Å². The van der Waals surface area contributed by atoms with Crippen LogP contribution >= 0.6 is 0 Å². The van der Waals surface area contributed by atoms with Crippen molar-refractivity contribution in [3.05, 3.63) is 66.2 Å². The average Bonchev–Trinajstić information content (AvgIpc) is 3.75. The van der Waals surface area contributed by atoms with Gasteiger partial charge in [-0.15, -0.1) is 0 Å². The zero-order valence-electron chi connectivity index (χ0n) is 50.6. The van der Waals surface area contributed by atoms with E-state index in [0.29, 0.717) is 12.6 Å². The topological polar surface area (TPSA) is 218 Å². The van der Waals surface area contributed by atoms with Gasteiger partial charge in [-0.1, -0.05) is 207 Å². The number of primary amides is 1. The summed E-state index contributed by atoms with van der Waals surface area (Å²) in [6.07, 6.45) is 4.88. The number of carbonyl (C=O) groups is 7. The van der Waals surface area contributed by atoms with E-state index >= 15 is 0 Å². The number of benzene rings is 2. The monoisotopic (exact) mass is 1030 g/mol. The van der Waals surface area contributed by atoms with Crippen molar-refractivity contribution in [1.29, 1.82) is 0 Å². The van der Waals surface area contributed by atoms with Crippen molar-refractivity contribution in [2.24, 2.45) is 43.6 Å². The van der Waals surface area contributed by atoms with Crippen LogP contribution in [0.5, 0.6) is 0 Å². The summed E-state index contributed by atoms with van der Waals surface area (Å²) in [5.74, 6) is 0.368. The molecule has 0 radical (unpaired) electrons. The molecule has 73 heavy (non-hydrogen) atoms. The first-order valence-corrected chi connectivity index (χ1v) is 25.9. The van der Waals surface area contributed by atoms with Crippen molar-refractivity contribution in [2.45, 2.75) is 210 Å². The Morgan fingerprint density at radius 3 is 1.10 bits per heavy atom. The predicted molar refractivity (Wildman–Crippen MR) is 305 cm³/mol. The van der Waals surface area contributed by atoms with Crippen LogP contribution in [0, 0.1) is 37.9 Å². The fraction of sp³-hybridized carbons (Fsp3) is 0.678. The van der Waals surface area contributed by atoms with Crippen molar-refractivity contribution < 1.29 is 33.6 Å². The fourth-order valence-corrected chi connectivity index (χ4v) is 4.63. The van der Waals surface area contributed by atoms with Crippen molar-refractivity contribution in [3.8, 4) is 0 Å². The van der Waals surface area contributed by atoms with Crippen LogP contribution in [0.3, 0.4) is 0 Å². The Hall–Kier alpha value is -5.27. The molecular formula is C59H107N7O7. The molecule has 1 aliphatic carbocycles. The van der Waals surface area contributed by atoms with Crippen LogP contribution in [-0.2, 0) is 40.1 Å². The number of nitrogens with two attached hydrogens (primary N) is 1. The van der Waals surface area contributed by atoms with Crippen LogP contribution in [0.4, 0.5) is 5.69 Å². The van der Waals surface area contributed by atoms with Crippen molar-refractivity contribution in [1.82, 2.24) is 26.6 Å². The van der Waals surface area contributed by atoms with E-state index < -0.39 is 0 Å². The van der Waals surface area contributed by atoms with Gasteiger partial charge in [0.2, 0.25) is 41.4 Å². The molecule has 0 spiro atoms. The van der Waals surface area contributed by atoms with Crippen LogP contribution in [0.15, 0.2) is 60.7 Å². The van der Waals surface area contributed by atoms with E-state index in [1.807, 2.05) is 206 Å². The molecule has 420 valence electrons. The van der Waals surface area contributed by atoms with Crippen LogP contribution in [0.2, 0.25) is 0 Å². The van der Waals surface area contributed by atoms with E-state index in [1.54, 1.807) is 27.8 Å².